The van der Waals surface area contributed by atoms with Gasteiger partial charge in [-0.2, -0.15) is 10.1 Å². The zero-order valence-corrected chi connectivity index (χ0v) is 11.2. The third-order valence-electron chi connectivity index (χ3n) is 2.43. The number of benzene rings is 1. The number of hydrogen-bond acceptors (Lipinski definition) is 5. The lowest BCUT2D eigenvalue weighted by Gasteiger charge is -2.01. The summed E-state index contributed by atoms with van der Waals surface area (Å²) in [7, 11) is -1.90. The van der Waals surface area contributed by atoms with Crippen LogP contribution in [-0.4, -0.2) is 42.8 Å². The molecular formula is C11H12N4O3S. The minimum Gasteiger partial charge on any atom is -0.355 e. The van der Waals surface area contributed by atoms with E-state index in [1.165, 1.54) is 7.05 Å². The van der Waals surface area contributed by atoms with Crippen molar-refractivity contribution in [2.75, 3.05) is 13.3 Å². The number of H-pyrrole nitrogens is 1. The van der Waals surface area contributed by atoms with E-state index in [9.17, 15) is 13.2 Å². The first-order chi connectivity index (χ1) is 8.91. The molecule has 0 unspecified atom stereocenters. The van der Waals surface area contributed by atoms with Crippen molar-refractivity contribution in [1.29, 1.82) is 0 Å². The van der Waals surface area contributed by atoms with Crippen molar-refractivity contribution >= 4 is 15.7 Å². The Labute approximate surface area is 110 Å². The molecule has 1 aromatic carbocycles. The van der Waals surface area contributed by atoms with Crippen molar-refractivity contribution in [3.63, 3.8) is 0 Å². The fraction of sp³-hybridized carbons (Fsp3) is 0.182. The van der Waals surface area contributed by atoms with E-state index in [1.54, 1.807) is 24.3 Å². The van der Waals surface area contributed by atoms with Crippen molar-refractivity contribution in [2.45, 2.75) is 5.16 Å². The zero-order valence-electron chi connectivity index (χ0n) is 10.3. The highest BCUT2D eigenvalue weighted by Gasteiger charge is 2.15. The van der Waals surface area contributed by atoms with Crippen LogP contribution in [0.3, 0.4) is 0 Å². The largest absolute Gasteiger partial charge is 0.355 e. The summed E-state index contributed by atoms with van der Waals surface area (Å²) < 4.78 is 22.6. The molecule has 2 aromatic rings. The van der Waals surface area contributed by atoms with Gasteiger partial charge in [0.05, 0.1) is 0 Å². The molecule has 2 rings (SSSR count). The Morgan fingerprint density at radius 3 is 2.68 bits per heavy atom. The maximum absolute atomic E-state index is 11.5. The highest BCUT2D eigenvalue weighted by molar-refractivity contribution is 7.90. The molecule has 0 radical (unpaired) electrons. The van der Waals surface area contributed by atoms with E-state index >= 15 is 0 Å². The molecule has 1 aromatic heterocycles. The number of aromatic nitrogens is 3. The van der Waals surface area contributed by atoms with Gasteiger partial charge in [-0.05, 0) is 12.1 Å². The number of carbonyl (C=O) groups is 1. The topological polar surface area (TPSA) is 105 Å². The molecule has 8 heteroatoms. The summed E-state index contributed by atoms with van der Waals surface area (Å²) in [6.45, 7) is 0. The summed E-state index contributed by atoms with van der Waals surface area (Å²) in [6.07, 6.45) is 1.04. The van der Waals surface area contributed by atoms with Crippen molar-refractivity contribution in [3.8, 4) is 11.4 Å². The smallest absolute Gasteiger partial charge is 0.251 e. The standard InChI is InChI=1S/C11H12N4O3S/c1-12-10(16)8-5-3-4-7(6-8)9-13-11(15-14-9)19(2,17)18/h3-6H,1-2H3,(H,12,16)(H,13,14,15). The van der Waals surface area contributed by atoms with Gasteiger partial charge in [-0.25, -0.2) is 13.5 Å². The van der Waals surface area contributed by atoms with Crippen LogP contribution >= 0.6 is 0 Å². The minimum atomic E-state index is -3.43. The average molecular weight is 280 g/mol. The van der Waals surface area contributed by atoms with Crippen LogP contribution in [0.1, 0.15) is 10.4 Å². The summed E-state index contributed by atoms with van der Waals surface area (Å²) in [5, 5.41) is 8.49. The third-order valence-corrected chi connectivity index (χ3v) is 3.31. The number of nitrogens with one attached hydrogen (secondary N) is 2. The predicted molar refractivity (Wildman–Crippen MR) is 68.3 cm³/mol. The Morgan fingerprint density at radius 1 is 1.37 bits per heavy atom. The maximum atomic E-state index is 11.5. The number of amides is 1. The van der Waals surface area contributed by atoms with E-state index < -0.39 is 9.84 Å². The van der Waals surface area contributed by atoms with Gasteiger partial charge in [0.15, 0.2) is 5.82 Å². The molecule has 0 fully saturated rings. The molecule has 0 spiro atoms. The molecule has 2 N–H and O–H groups in total. The fourth-order valence-electron chi connectivity index (χ4n) is 1.49. The van der Waals surface area contributed by atoms with Crippen LogP contribution in [0.5, 0.6) is 0 Å². The molecule has 1 amide bonds. The van der Waals surface area contributed by atoms with Crippen LogP contribution in [0.4, 0.5) is 0 Å². The van der Waals surface area contributed by atoms with E-state index in [1.807, 2.05) is 0 Å². The Morgan fingerprint density at radius 2 is 2.11 bits per heavy atom. The molecule has 0 aliphatic carbocycles. The van der Waals surface area contributed by atoms with Gasteiger partial charge in [0.2, 0.25) is 15.0 Å². The molecular weight excluding hydrogens is 268 g/mol. The zero-order chi connectivity index (χ0) is 14.0. The van der Waals surface area contributed by atoms with E-state index in [-0.39, 0.29) is 16.9 Å². The lowest BCUT2D eigenvalue weighted by Crippen LogP contribution is -2.17. The van der Waals surface area contributed by atoms with Gasteiger partial charge < -0.3 is 5.32 Å². The first-order valence-electron chi connectivity index (χ1n) is 5.37. The lowest BCUT2D eigenvalue weighted by molar-refractivity contribution is 0.0963. The minimum absolute atomic E-state index is 0.201. The Kier molecular flexibility index (Phi) is 3.34. The Bertz CT molecular complexity index is 721. The summed E-state index contributed by atoms with van der Waals surface area (Å²) in [6, 6.07) is 6.61. The molecule has 7 nitrogen and oxygen atoms in total. The Hall–Kier alpha value is -2.22. The molecule has 0 aliphatic rings. The van der Waals surface area contributed by atoms with Crippen molar-refractivity contribution < 1.29 is 13.2 Å². The van der Waals surface area contributed by atoms with Gasteiger partial charge in [0.25, 0.3) is 5.91 Å². The fourth-order valence-corrected chi connectivity index (χ4v) is 1.95. The molecule has 0 saturated heterocycles. The lowest BCUT2D eigenvalue weighted by atomic mass is 10.1. The Balaban J connectivity index is 2.42. The van der Waals surface area contributed by atoms with Crippen LogP contribution in [-0.2, 0) is 9.84 Å². The molecule has 0 aliphatic heterocycles. The molecule has 100 valence electrons. The first-order valence-corrected chi connectivity index (χ1v) is 7.26. The number of nitrogens with zero attached hydrogens (tertiary/aromatic N) is 2. The number of hydrogen-bond donors (Lipinski definition) is 2. The molecule has 0 atom stereocenters. The van der Waals surface area contributed by atoms with E-state index in [2.05, 4.69) is 20.5 Å². The van der Waals surface area contributed by atoms with Crippen LogP contribution in [0, 0.1) is 0 Å². The molecule has 0 bridgehead atoms. The summed E-state index contributed by atoms with van der Waals surface area (Å²) in [4.78, 5) is 15.4. The molecule has 1 heterocycles. The van der Waals surface area contributed by atoms with Gasteiger partial charge in [-0.15, -0.1) is 0 Å². The SMILES string of the molecule is CNC(=O)c1cccc(-c2n[nH]c(S(C)(=O)=O)n2)c1. The summed E-state index contributed by atoms with van der Waals surface area (Å²) in [5.74, 6) is -0.00750. The maximum Gasteiger partial charge on any atom is 0.251 e. The number of carbonyl (C=O) groups excluding carboxylic acids is 1. The third kappa shape index (κ3) is 2.79. The first kappa shape index (κ1) is 13.2. The molecule has 0 saturated carbocycles. The van der Waals surface area contributed by atoms with Crippen LogP contribution in [0.2, 0.25) is 0 Å². The number of sulfone groups is 1. The van der Waals surface area contributed by atoms with Crippen molar-refractivity contribution in [1.82, 2.24) is 20.5 Å². The predicted octanol–water partition coefficient (Wildman–Crippen LogP) is 0.235. The average Bonchev–Trinajstić information content (AvgIpc) is 2.87. The quantitative estimate of drug-likeness (QED) is 0.837. The van der Waals surface area contributed by atoms with Crippen LogP contribution < -0.4 is 5.32 Å². The van der Waals surface area contributed by atoms with Gasteiger partial charge in [-0.1, -0.05) is 12.1 Å². The summed E-state index contributed by atoms with van der Waals surface area (Å²) >= 11 is 0. The van der Waals surface area contributed by atoms with Gasteiger partial charge in [0.1, 0.15) is 0 Å². The van der Waals surface area contributed by atoms with E-state index in [0.717, 1.165) is 6.26 Å². The highest BCUT2D eigenvalue weighted by atomic mass is 32.2. The highest BCUT2D eigenvalue weighted by Crippen LogP contribution is 2.17. The second-order valence-electron chi connectivity index (χ2n) is 3.90. The van der Waals surface area contributed by atoms with Crippen LogP contribution in [0.15, 0.2) is 29.4 Å². The number of aromatic amines is 1. The monoisotopic (exact) mass is 280 g/mol. The van der Waals surface area contributed by atoms with Crippen LogP contribution in [0.25, 0.3) is 11.4 Å². The normalized spacial score (nSPS) is 11.3. The van der Waals surface area contributed by atoms with E-state index in [0.29, 0.717) is 11.1 Å². The van der Waals surface area contributed by atoms with Crippen molar-refractivity contribution in [3.05, 3.63) is 29.8 Å². The van der Waals surface area contributed by atoms with E-state index in [4.69, 9.17) is 0 Å². The van der Waals surface area contributed by atoms with Gasteiger partial charge in [-0.3, -0.25) is 4.79 Å². The second kappa shape index (κ2) is 4.81. The summed E-state index contributed by atoms with van der Waals surface area (Å²) in [5.41, 5.74) is 1.01. The van der Waals surface area contributed by atoms with Gasteiger partial charge in [0, 0.05) is 24.4 Å². The number of rotatable bonds is 3. The van der Waals surface area contributed by atoms with Gasteiger partial charge >= 0.3 is 0 Å². The second-order valence-corrected chi connectivity index (χ2v) is 5.83. The molecule has 19 heavy (non-hydrogen) atoms. The van der Waals surface area contributed by atoms with Crippen molar-refractivity contribution in [2.24, 2.45) is 0 Å².